The SMILES string of the molecule is CC(O)CCN1CCS(=O)(=O)CC1C. The van der Waals surface area contributed by atoms with Crippen molar-refractivity contribution in [1.82, 2.24) is 4.90 Å². The van der Waals surface area contributed by atoms with Crippen LogP contribution in [0.4, 0.5) is 0 Å². The highest BCUT2D eigenvalue weighted by Crippen LogP contribution is 2.12. The van der Waals surface area contributed by atoms with Crippen molar-refractivity contribution in [3.05, 3.63) is 0 Å². The number of rotatable bonds is 3. The molecule has 0 bridgehead atoms. The molecule has 2 unspecified atom stereocenters. The lowest BCUT2D eigenvalue weighted by Gasteiger charge is -2.33. The van der Waals surface area contributed by atoms with E-state index >= 15 is 0 Å². The van der Waals surface area contributed by atoms with Gasteiger partial charge in [-0.05, 0) is 20.3 Å². The zero-order chi connectivity index (χ0) is 10.8. The van der Waals surface area contributed by atoms with E-state index in [1.165, 1.54) is 0 Å². The maximum Gasteiger partial charge on any atom is 0.153 e. The van der Waals surface area contributed by atoms with Crippen LogP contribution in [0.25, 0.3) is 0 Å². The molecule has 14 heavy (non-hydrogen) atoms. The Kier molecular flexibility index (Phi) is 3.92. The highest BCUT2D eigenvalue weighted by Gasteiger charge is 2.27. The van der Waals surface area contributed by atoms with E-state index in [1.54, 1.807) is 6.92 Å². The summed E-state index contributed by atoms with van der Waals surface area (Å²) in [6, 6.07) is 0.0903. The van der Waals surface area contributed by atoms with Crippen molar-refractivity contribution >= 4 is 9.84 Å². The van der Waals surface area contributed by atoms with Gasteiger partial charge in [-0.25, -0.2) is 8.42 Å². The molecule has 84 valence electrons. The van der Waals surface area contributed by atoms with Crippen molar-refractivity contribution < 1.29 is 13.5 Å². The average molecular weight is 221 g/mol. The van der Waals surface area contributed by atoms with E-state index in [2.05, 4.69) is 4.90 Å². The predicted octanol–water partition coefficient (Wildman–Crippen LogP) is -0.124. The minimum atomic E-state index is -2.81. The fourth-order valence-electron chi connectivity index (χ4n) is 1.72. The lowest BCUT2D eigenvalue weighted by Crippen LogP contribution is -2.47. The second-order valence-corrected chi connectivity index (χ2v) is 6.37. The molecular weight excluding hydrogens is 202 g/mol. The summed E-state index contributed by atoms with van der Waals surface area (Å²) in [5, 5.41) is 9.13. The molecule has 0 aromatic carbocycles. The van der Waals surface area contributed by atoms with E-state index in [-0.39, 0.29) is 23.7 Å². The van der Waals surface area contributed by atoms with Gasteiger partial charge >= 0.3 is 0 Å². The predicted molar refractivity (Wildman–Crippen MR) is 56.0 cm³/mol. The van der Waals surface area contributed by atoms with Gasteiger partial charge in [-0.3, -0.25) is 4.90 Å². The molecule has 0 aromatic rings. The van der Waals surface area contributed by atoms with Gasteiger partial charge in [-0.2, -0.15) is 0 Å². The Hall–Kier alpha value is -0.130. The minimum absolute atomic E-state index is 0.0903. The van der Waals surface area contributed by atoms with Crippen LogP contribution in [0.15, 0.2) is 0 Å². The Morgan fingerprint density at radius 2 is 2.21 bits per heavy atom. The van der Waals surface area contributed by atoms with Crippen molar-refractivity contribution in [2.24, 2.45) is 0 Å². The fourth-order valence-corrected chi connectivity index (χ4v) is 3.34. The zero-order valence-electron chi connectivity index (χ0n) is 8.81. The molecule has 0 amide bonds. The highest BCUT2D eigenvalue weighted by molar-refractivity contribution is 7.91. The first kappa shape index (κ1) is 11.9. The Balaban J connectivity index is 2.42. The summed E-state index contributed by atoms with van der Waals surface area (Å²) < 4.78 is 22.5. The standard InChI is InChI=1S/C9H19NO3S/c1-8-7-14(12,13)6-5-10(8)4-3-9(2)11/h8-9,11H,3-7H2,1-2H3. The average Bonchev–Trinajstić information content (AvgIpc) is 2.00. The zero-order valence-corrected chi connectivity index (χ0v) is 9.63. The lowest BCUT2D eigenvalue weighted by atomic mass is 10.2. The molecule has 1 saturated heterocycles. The summed E-state index contributed by atoms with van der Waals surface area (Å²) in [4.78, 5) is 2.13. The van der Waals surface area contributed by atoms with Gasteiger partial charge in [0.25, 0.3) is 0 Å². The summed E-state index contributed by atoms with van der Waals surface area (Å²) >= 11 is 0. The Morgan fingerprint density at radius 1 is 1.57 bits per heavy atom. The van der Waals surface area contributed by atoms with Gasteiger partial charge in [-0.1, -0.05) is 0 Å². The van der Waals surface area contributed by atoms with Gasteiger partial charge in [0.1, 0.15) is 0 Å². The largest absolute Gasteiger partial charge is 0.393 e. The topological polar surface area (TPSA) is 57.6 Å². The molecule has 0 aromatic heterocycles. The highest BCUT2D eigenvalue weighted by atomic mass is 32.2. The van der Waals surface area contributed by atoms with Crippen LogP contribution in [0.3, 0.4) is 0 Å². The molecule has 1 rings (SSSR count). The first-order chi connectivity index (χ1) is 6.41. The second kappa shape index (κ2) is 4.59. The third-order valence-corrected chi connectivity index (χ3v) is 4.44. The summed E-state index contributed by atoms with van der Waals surface area (Å²) in [6.07, 6.45) is 0.408. The van der Waals surface area contributed by atoms with Crippen LogP contribution in [0.5, 0.6) is 0 Å². The summed E-state index contributed by atoms with van der Waals surface area (Å²) in [6.45, 7) is 5.08. The summed E-state index contributed by atoms with van der Waals surface area (Å²) in [7, 11) is -2.81. The van der Waals surface area contributed by atoms with E-state index in [9.17, 15) is 8.42 Å². The first-order valence-electron chi connectivity index (χ1n) is 5.03. The van der Waals surface area contributed by atoms with Crippen LogP contribution >= 0.6 is 0 Å². The minimum Gasteiger partial charge on any atom is -0.393 e. The molecule has 0 aliphatic carbocycles. The Labute approximate surface area is 85.8 Å². The Morgan fingerprint density at radius 3 is 2.71 bits per heavy atom. The van der Waals surface area contributed by atoms with Crippen LogP contribution in [-0.2, 0) is 9.84 Å². The number of sulfone groups is 1. The van der Waals surface area contributed by atoms with Crippen molar-refractivity contribution in [1.29, 1.82) is 0 Å². The third kappa shape index (κ3) is 3.55. The van der Waals surface area contributed by atoms with Gasteiger partial charge in [0.2, 0.25) is 0 Å². The number of nitrogens with zero attached hydrogens (tertiary/aromatic N) is 1. The second-order valence-electron chi connectivity index (χ2n) is 4.14. The maximum absolute atomic E-state index is 11.3. The number of hydrogen-bond donors (Lipinski definition) is 1. The van der Waals surface area contributed by atoms with E-state index in [0.717, 1.165) is 6.54 Å². The van der Waals surface area contributed by atoms with Gasteiger partial charge in [0.15, 0.2) is 9.84 Å². The molecule has 1 aliphatic rings. The molecule has 1 aliphatic heterocycles. The van der Waals surface area contributed by atoms with Crippen LogP contribution in [0.1, 0.15) is 20.3 Å². The number of aliphatic hydroxyl groups excluding tert-OH is 1. The van der Waals surface area contributed by atoms with Crippen LogP contribution in [0, 0.1) is 0 Å². The van der Waals surface area contributed by atoms with E-state index < -0.39 is 9.84 Å². The molecule has 5 heteroatoms. The maximum atomic E-state index is 11.3. The van der Waals surface area contributed by atoms with Crippen LogP contribution in [0.2, 0.25) is 0 Å². The van der Waals surface area contributed by atoms with E-state index in [0.29, 0.717) is 13.0 Å². The molecule has 2 atom stereocenters. The van der Waals surface area contributed by atoms with Crippen LogP contribution < -0.4 is 0 Å². The molecule has 1 fully saturated rings. The van der Waals surface area contributed by atoms with Gasteiger partial charge in [0.05, 0.1) is 17.6 Å². The molecule has 1 heterocycles. The van der Waals surface area contributed by atoms with Crippen molar-refractivity contribution in [3.63, 3.8) is 0 Å². The van der Waals surface area contributed by atoms with Gasteiger partial charge < -0.3 is 5.11 Å². The quantitative estimate of drug-likeness (QED) is 0.721. The number of hydrogen-bond acceptors (Lipinski definition) is 4. The fraction of sp³-hybridized carbons (Fsp3) is 1.00. The third-order valence-electron chi connectivity index (χ3n) is 2.64. The van der Waals surface area contributed by atoms with E-state index in [4.69, 9.17) is 5.11 Å². The molecule has 4 nitrogen and oxygen atoms in total. The van der Waals surface area contributed by atoms with Crippen molar-refractivity contribution in [2.45, 2.75) is 32.4 Å². The molecule has 0 radical (unpaired) electrons. The molecule has 1 N–H and O–H groups in total. The summed E-state index contributed by atoms with van der Waals surface area (Å²) in [5.74, 6) is 0.518. The smallest absolute Gasteiger partial charge is 0.153 e. The van der Waals surface area contributed by atoms with Gasteiger partial charge in [0, 0.05) is 19.1 Å². The summed E-state index contributed by atoms with van der Waals surface area (Å²) in [5.41, 5.74) is 0. The van der Waals surface area contributed by atoms with Crippen molar-refractivity contribution in [3.8, 4) is 0 Å². The monoisotopic (exact) mass is 221 g/mol. The van der Waals surface area contributed by atoms with E-state index in [1.807, 2.05) is 6.92 Å². The lowest BCUT2D eigenvalue weighted by molar-refractivity contribution is 0.144. The van der Waals surface area contributed by atoms with Crippen LogP contribution in [-0.4, -0.2) is 55.2 Å². The normalized spacial score (nSPS) is 30.1. The molecule has 0 spiro atoms. The molecular formula is C9H19NO3S. The number of aliphatic hydroxyl groups is 1. The van der Waals surface area contributed by atoms with Crippen molar-refractivity contribution in [2.75, 3.05) is 24.6 Å². The molecule has 0 saturated carbocycles. The van der Waals surface area contributed by atoms with Gasteiger partial charge in [-0.15, -0.1) is 0 Å². The Bertz CT molecular complexity index is 274. The first-order valence-corrected chi connectivity index (χ1v) is 6.85.